The van der Waals surface area contributed by atoms with Gasteiger partial charge in [0.25, 0.3) is 0 Å². The van der Waals surface area contributed by atoms with E-state index in [1.54, 1.807) is 17.0 Å². The smallest absolute Gasteiger partial charge is 0.335 e. The Balaban J connectivity index is 2.22. The molecule has 0 aromatic heterocycles. The van der Waals surface area contributed by atoms with Crippen molar-refractivity contribution in [3.63, 3.8) is 0 Å². The first-order valence-electron chi connectivity index (χ1n) is 5.47. The summed E-state index contributed by atoms with van der Waals surface area (Å²) in [4.78, 5) is 28.2. The molecule has 5 nitrogen and oxygen atoms in total. The number of aliphatic imine (C=N–C) groups is 1. The van der Waals surface area contributed by atoms with E-state index in [1.807, 2.05) is 6.92 Å². The molecule has 1 fully saturated rings. The van der Waals surface area contributed by atoms with Gasteiger partial charge in [-0.1, -0.05) is 11.8 Å². The van der Waals surface area contributed by atoms with Crippen LogP contribution in [0.5, 0.6) is 0 Å². The van der Waals surface area contributed by atoms with Crippen molar-refractivity contribution in [1.82, 2.24) is 4.90 Å². The molecule has 0 saturated carbocycles. The summed E-state index contributed by atoms with van der Waals surface area (Å²) in [7, 11) is 0. The Morgan fingerprint density at radius 2 is 2.11 bits per heavy atom. The Labute approximate surface area is 109 Å². The molecule has 0 radical (unpaired) electrons. The second kappa shape index (κ2) is 5.22. The lowest BCUT2D eigenvalue weighted by molar-refractivity contribution is -0.123. The zero-order valence-electron chi connectivity index (χ0n) is 9.79. The van der Waals surface area contributed by atoms with Crippen LogP contribution in [-0.4, -0.2) is 39.3 Å². The molecule has 0 bridgehead atoms. The zero-order chi connectivity index (χ0) is 13.1. The van der Waals surface area contributed by atoms with Crippen molar-refractivity contribution in [1.29, 1.82) is 0 Å². The fraction of sp³-hybridized carbons (Fsp3) is 0.250. The third kappa shape index (κ3) is 2.53. The zero-order valence-corrected chi connectivity index (χ0v) is 10.6. The van der Waals surface area contributed by atoms with Crippen molar-refractivity contribution in [3.05, 3.63) is 29.8 Å². The van der Waals surface area contributed by atoms with Gasteiger partial charge in [0, 0.05) is 6.54 Å². The summed E-state index contributed by atoms with van der Waals surface area (Å²) in [6, 6.07) is 6.26. The standard InChI is InChI=1S/C12H12N2O3S/c1-2-14-10(15)7-18-12(14)13-9-5-3-8(4-6-9)11(16)17/h3-6H,2,7H2,1H3,(H,16,17). The number of thioether (sulfide) groups is 1. The maximum absolute atomic E-state index is 11.5. The second-order valence-corrected chi connectivity index (χ2v) is 4.62. The lowest BCUT2D eigenvalue weighted by atomic mass is 10.2. The molecule has 1 aromatic rings. The van der Waals surface area contributed by atoms with Gasteiger partial charge >= 0.3 is 5.97 Å². The van der Waals surface area contributed by atoms with Crippen LogP contribution in [0, 0.1) is 0 Å². The van der Waals surface area contributed by atoms with Crippen LogP contribution in [0.4, 0.5) is 5.69 Å². The monoisotopic (exact) mass is 264 g/mol. The fourth-order valence-electron chi connectivity index (χ4n) is 1.58. The Kier molecular flexibility index (Phi) is 3.66. The second-order valence-electron chi connectivity index (χ2n) is 3.67. The number of carbonyl (C=O) groups is 2. The van der Waals surface area contributed by atoms with Gasteiger partial charge in [0.05, 0.1) is 17.0 Å². The van der Waals surface area contributed by atoms with E-state index in [0.29, 0.717) is 23.2 Å². The van der Waals surface area contributed by atoms with Crippen molar-refractivity contribution in [2.75, 3.05) is 12.3 Å². The number of carbonyl (C=O) groups excluding carboxylic acids is 1. The number of amides is 1. The Bertz CT molecular complexity index is 511. The fourth-order valence-corrected chi connectivity index (χ4v) is 2.55. The van der Waals surface area contributed by atoms with E-state index in [1.165, 1.54) is 23.9 Å². The Hall–Kier alpha value is -1.82. The predicted octanol–water partition coefficient (Wildman–Crippen LogP) is 1.97. The quantitative estimate of drug-likeness (QED) is 0.906. The van der Waals surface area contributed by atoms with Gasteiger partial charge in [0.15, 0.2) is 5.17 Å². The summed E-state index contributed by atoms with van der Waals surface area (Å²) in [6.45, 7) is 2.49. The topological polar surface area (TPSA) is 70.0 Å². The van der Waals surface area contributed by atoms with Crippen LogP contribution in [-0.2, 0) is 4.79 Å². The molecule has 1 aliphatic rings. The largest absolute Gasteiger partial charge is 0.478 e. The summed E-state index contributed by atoms with van der Waals surface area (Å²) in [5, 5.41) is 9.45. The Morgan fingerprint density at radius 3 is 2.67 bits per heavy atom. The average Bonchev–Trinajstić information content (AvgIpc) is 2.70. The van der Waals surface area contributed by atoms with Gasteiger partial charge < -0.3 is 5.11 Å². The number of nitrogens with zero attached hydrogens (tertiary/aromatic N) is 2. The van der Waals surface area contributed by atoms with Gasteiger partial charge in [-0.3, -0.25) is 9.69 Å². The summed E-state index contributed by atoms with van der Waals surface area (Å²) in [5.74, 6) is -0.488. The molecule has 1 N–H and O–H groups in total. The SMILES string of the molecule is CCN1C(=O)CSC1=Nc1ccc(C(=O)O)cc1. The lowest BCUT2D eigenvalue weighted by Crippen LogP contribution is -2.28. The van der Waals surface area contributed by atoms with Crippen LogP contribution in [0.15, 0.2) is 29.3 Å². The molecule has 1 aliphatic heterocycles. The van der Waals surface area contributed by atoms with Gasteiger partial charge in [-0.2, -0.15) is 0 Å². The van der Waals surface area contributed by atoms with Crippen molar-refractivity contribution in [3.8, 4) is 0 Å². The number of carboxylic acids is 1. The molecule has 2 rings (SSSR count). The summed E-state index contributed by atoms with van der Waals surface area (Å²) >= 11 is 1.40. The first-order chi connectivity index (χ1) is 8.61. The molecule has 6 heteroatoms. The van der Waals surface area contributed by atoms with Crippen LogP contribution < -0.4 is 0 Å². The van der Waals surface area contributed by atoms with Crippen LogP contribution in [0.2, 0.25) is 0 Å². The van der Waals surface area contributed by atoms with E-state index in [9.17, 15) is 9.59 Å². The normalized spacial score (nSPS) is 17.5. The van der Waals surface area contributed by atoms with Gasteiger partial charge in [-0.15, -0.1) is 0 Å². The highest BCUT2D eigenvalue weighted by Crippen LogP contribution is 2.23. The number of rotatable bonds is 3. The van der Waals surface area contributed by atoms with Crippen LogP contribution in [0.3, 0.4) is 0 Å². The molecular weight excluding hydrogens is 252 g/mol. The number of hydrogen-bond acceptors (Lipinski definition) is 4. The van der Waals surface area contributed by atoms with E-state index in [-0.39, 0.29) is 11.5 Å². The molecule has 0 aliphatic carbocycles. The third-order valence-electron chi connectivity index (χ3n) is 2.51. The van der Waals surface area contributed by atoms with Gasteiger partial charge in [0.2, 0.25) is 5.91 Å². The first-order valence-corrected chi connectivity index (χ1v) is 6.45. The summed E-state index contributed by atoms with van der Waals surface area (Å²) in [5.41, 5.74) is 0.872. The third-order valence-corrected chi connectivity index (χ3v) is 3.47. The van der Waals surface area contributed by atoms with Crippen molar-refractivity contribution in [2.24, 2.45) is 4.99 Å². The first kappa shape index (κ1) is 12.6. The number of amidine groups is 1. The highest BCUT2D eigenvalue weighted by molar-refractivity contribution is 8.15. The van der Waals surface area contributed by atoms with E-state index in [2.05, 4.69) is 4.99 Å². The van der Waals surface area contributed by atoms with Crippen molar-refractivity contribution < 1.29 is 14.7 Å². The van der Waals surface area contributed by atoms with Gasteiger partial charge in [0.1, 0.15) is 0 Å². The number of carboxylic acid groups (broad SMARTS) is 1. The minimum atomic E-state index is -0.963. The lowest BCUT2D eigenvalue weighted by Gasteiger charge is -2.12. The summed E-state index contributed by atoms with van der Waals surface area (Å²) in [6.07, 6.45) is 0. The van der Waals surface area contributed by atoms with E-state index in [0.717, 1.165) is 0 Å². The number of hydrogen-bond donors (Lipinski definition) is 1. The van der Waals surface area contributed by atoms with Crippen LogP contribution in [0.25, 0.3) is 0 Å². The number of benzene rings is 1. The molecule has 0 unspecified atom stereocenters. The van der Waals surface area contributed by atoms with Crippen molar-refractivity contribution in [2.45, 2.75) is 6.92 Å². The minimum Gasteiger partial charge on any atom is -0.478 e. The van der Waals surface area contributed by atoms with Gasteiger partial charge in [-0.25, -0.2) is 9.79 Å². The van der Waals surface area contributed by atoms with E-state index < -0.39 is 5.97 Å². The minimum absolute atomic E-state index is 0.0587. The predicted molar refractivity (Wildman–Crippen MR) is 70.3 cm³/mol. The van der Waals surface area contributed by atoms with E-state index >= 15 is 0 Å². The molecule has 94 valence electrons. The average molecular weight is 264 g/mol. The molecule has 1 aromatic carbocycles. The molecule has 18 heavy (non-hydrogen) atoms. The summed E-state index contributed by atoms with van der Waals surface area (Å²) < 4.78 is 0. The highest BCUT2D eigenvalue weighted by Gasteiger charge is 2.26. The molecule has 1 amide bonds. The van der Waals surface area contributed by atoms with E-state index in [4.69, 9.17) is 5.11 Å². The van der Waals surface area contributed by atoms with Gasteiger partial charge in [-0.05, 0) is 31.2 Å². The molecule has 0 atom stereocenters. The molecule has 0 spiro atoms. The van der Waals surface area contributed by atoms with Crippen LogP contribution >= 0.6 is 11.8 Å². The molecule has 1 saturated heterocycles. The van der Waals surface area contributed by atoms with Crippen molar-refractivity contribution >= 4 is 34.5 Å². The van der Waals surface area contributed by atoms with Crippen LogP contribution in [0.1, 0.15) is 17.3 Å². The number of aromatic carboxylic acids is 1. The molecular formula is C12H12N2O3S. The molecule has 1 heterocycles. The maximum Gasteiger partial charge on any atom is 0.335 e. The highest BCUT2D eigenvalue weighted by atomic mass is 32.2. The Morgan fingerprint density at radius 1 is 1.44 bits per heavy atom. The maximum atomic E-state index is 11.5.